The number of halogens is 5. The molecule has 106 valence electrons. The molecule has 0 atom stereocenters. The van der Waals surface area contributed by atoms with Crippen LogP contribution in [-0.4, -0.2) is 7.11 Å². The average Bonchev–Trinajstić information content (AvgIpc) is 2.40. The normalized spacial score (nSPS) is 11.5. The summed E-state index contributed by atoms with van der Waals surface area (Å²) < 4.78 is 43.7. The summed E-state index contributed by atoms with van der Waals surface area (Å²) in [5.74, 6) is -0.237. The largest absolute Gasteiger partial charge is 0.496 e. The summed E-state index contributed by atoms with van der Waals surface area (Å²) >= 11 is 11.8. The van der Waals surface area contributed by atoms with Crippen LogP contribution in [0.4, 0.5) is 13.2 Å². The molecule has 1 nitrogen and oxygen atoms in total. The lowest BCUT2D eigenvalue weighted by atomic mass is 10.0. The van der Waals surface area contributed by atoms with Crippen molar-refractivity contribution in [2.45, 2.75) is 6.18 Å². The van der Waals surface area contributed by atoms with Crippen LogP contribution in [0.5, 0.6) is 5.75 Å². The number of rotatable bonds is 2. The van der Waals surface area contributed by atoms with Gasteiger partial charge in [-0.1, -0.05) is 29.3 Å². The van der Waals surface area contributed by atoms with Gasteiger partial charge < -0.3 is 4.74 Å². The summed E-state index contributed by atoms with van der Waals surface area (Å²) in [6.45, 7) is 0. The molecule has 0 N–H and O–H groups in total. The second-order valence-electron chi connectivity index (χ2n) is 4.04. The van der Waals surface area contributed by atoms with Gasteiger partial charge in [0.1, 0.15) is 5.75 Å². The molecule has 0 aromatic heterocycles. The number of benzene rings is 2. The minimum Gasteiger partial charge on any atom is -0.496 e. The molecule has 0 spiro atoms. The Morgan fingerprint density at radius 3 is 2.30 bits per heavy atom. The highest BCUT2D eigenvalue weighted by Crippen LogP contribution is 2.40. The second kappa shape index (κ2) is 5.54. The van der Waals surface area contributed by atoms with Gasteiger partial charge in [-0.15, -0.1) is 0 Å². The van der Waals surface area contributed by atoms with Gasteiger partial charge in [-0.2, -0.15) is 13.2 Å². The number of methoxy groups -OCH3 is 1. The van der Waals surface area contributed by atoms with Crippen LogP contribution < -0.4 is 4.74 Å². The lowest BCUT2D eigenvalue weighted by molar-refractivity contribution is -0.138. The highest BCUT2D eigenvalue weighted by atomic mass is 35.5. The van der Waals surface area contributed by atoms with E-state index >= 15 is 0 Å². The van der Waals surface area contributed by atoms with Crippen LogP contribution in [0.1, 0.15) is 5.56 Å². The van der Waals surface area contributed by atoms with E-state index in [4.69, 9.17) is 27.9 Å². The molecule has 0 aliphatic rings. The van der Waals surface area contributed by atoms with Crippen molar-refractivity contribution in [3.8, 4) is 16.9 Å². The molecular weight excluding hydrogens is 312 g/mol. The Balaban J connectivity index is 2.62. The fourth-order valence-corrected chi connectivity index (χ4v) is 2.21. The molecule has 6 heteroatoms. The van der Waals surface area contributed by atoms with E-state index in [1.54, 1.807) is 6.07 Å². The Hall–Kier alpha value is -1.39. The SMILES string of the molecule is COc1ccc(-c2cc(Cl)ccc2Cl)cc1C(F)(F)F. The van der Waals surface area contributed by atoms with Gasteiger partial charge in [-0.3, -0.25) is 0 Å². The van der Waals surface area contributed by atoms with Crippen molar-refractivity contribution in [1.82, 2.24) is 0 Å². The molecule has 0 heterocycles. The number of hydrogen-bond donors (Lipinski definition) is 0. The zero-order chi connectivity index (χ0) is 14.9. The smallest absolute Gasteiger partial charge is 0.419 e. The van der Waals surface area contributed by atoms with Crippen molar-refractivity contribution in [2.75, 3.05) is 7.11 Å². The third-order valence-corrected chi connectivity index (χ3v) is 3.31. The summed E-state index contributed by atoms with van der Waals surface area (Å²) in [5, 5.41) is 0.724. The number of alkyl halides is 3. The summed E-state index contributed by atoms with van der Waals surface area (Å²) in [7, 11) is 1.19. The predicted octanol–water partition coefficient (Wildman–Crippen LogP) is 5.69. The topological polar surface area (TPSA) is 9.23 Å². The van der Waals surface area contributed by atoms with Crippen molar-refractivity contribution in [1.29, 1.82) is 0 Å². The zero-order valence-corrected chi connectivity index (χ0v) is 11.8. The summed E-state index contributed by atoms with van der Waals surface area (Å²) in [4.78, 5) is 0. The van der Waals surface area contributed by atoms with Crippen LogP contribution in [0, 0.1) is 0 Å². The van der Waals surface area contributed by atoms with Crippen molar-refractivity contribution in [3.63, 3.8) is 0 Å². The van der Waals surface area contributed by atoms with Crippen LogP contribution in [0.3, 0.4) is 0 Å². The lowest BCUT2D eigenvalue weighted by Crippen LogP contribution is -2.07. The zero-order valence-electron chi connectivity index (χ0n) is 10.3. The van der Waals surface area contributed by atoms with Crippen molar-refractivity contribution < 1.29 is 17.9 Å². The molecule has 2 rings (SSSR count). The molecule has 0 saturated heterocycles. The minimum atomic E-state index is -4.51. The summed E-state index contributed by atoms with van der Waals surface area (Å²) in [6, 6.07) is 8.39. The molecule has 0 aliphatic heterocycles. The molecule has 20 heavy (non-hydrogen) atoms. The maximum absolute atomic E-state index is 13.0. The number of ether oxygens (including phenoxy) is 1. The van der Waals surface area contributed by atoms with E-state index in [1.807, 2.05) is 0 Å². The first-order chi connectivity index (χ1) is 9.32. The van der Waals surface area contributed by atoms with Gasteiger partial charge in [0.25, 0.3) is 0 Å². The van der Waals surface area contributed by atoms with E-state index in [0.717, 1.165) is 6.07 Å². The van der Waals surface area contributed by atoms with E-state index in [1.165, 1.54) is 31.4 Å². The first-order valence-electron chi connectivity index (χ1n) is 5.53. The van der Waals surface area contributed by atoms with Crippen LogP contribution in [0.2, 0.25) is 10.0 Å². The van der Waals surface area contributed by atoms with Gasteiger partial charge in [0.05, 0.1) is 12.7 Å². The standard InChI is InChI=1S/C14H9Cl2F3O/c1-20-13-5-2-8(6-11(13)14(17,18)19)10-7-9(15)3-4-12(10)16/h2-7H,1H3. The van der Waals surface area contributed by atoms with Crippen LogP contribution >= 0.6 is 23.2 Å². The maximum atomic E-state index is 13.0. The molecule has 0 fully saturated rings. The van der Waals surface area contributed by atoms with E-state index in [-0.39, 0.29) is 5.75 Å². The van der Waals surface area contributed by atoms with Gasteiger partial charge in [0.15, 0.2) is 0 Å². The summed E-state index contributed by atoms with van der Waals surface area (Å²) in [6.07, 6.45) is -4.51. The Morgan fingerprint density at radius 1 is 1.00 bits per heavy atom. The van der Waals surface area contributed by atoms with Gasteiger partial charge >= 0.3 is 6.18 Å². The van der Waals surface area contributed by atoms with Gasteiger partial charge in [-0.05, 0) is 35.9 Å². The number of hydrogen-bond acceptors (Lipinski definition) is 1. The first kappa shape index (κ1) is 15.0. The van der Waals surface area contributed by atoms with Gasteiger partial charge in [-0.25, -0.2) is 0 Å². The summed E-state index contributed by atoms with van der Waals surface area (Å²) in [5.41, 5.74) is -0.0912. The Bertz CT molecular complexity index is 639. The van der Waals surface area contributed by atoms with Gasteiger partial charge in [0.2, 0.25) is 0 Å². The quantitative estimate of drug-likeness (QED) is 0.690. The molecule has 2 aromatic rings. The van der Waals surface area contributed by atoms with Crippen LogP contribution in [-0.2, 0) is 6.18 Å². The highest BCUT2D eigenvalue weighted by molar-refractivity contribution is 6.35. The molecule has 0 bridgehead atoms. The van der Waals surface area contributed by atoms with Crippen molar-refractivity contribution in [2.24, 2.45) is 0 Å². The molecule has 0 unspecified atom stereocenters. The van der Waals surface area contributed by atoms with E-state index in [9.17, 15) is 13.2 Å². The average molecular weight is 321 g/mol. The van der Waals surface area contributed by atoms with E-state index in [2.05, 4.69) is 0 Å². The Labute approximate surface area is 123 Å². The second-order valence-corrected chi connectivity index (χ2v) is 4.88. The molecule has 0 radical (unpaired) electrons. The first-order valence-corrected chi connectivity index (χ1v) is 6.29. The minimum absolute atomic E-state index is 0.237. The Kier molecular flexibility index (Phi) is 4.16. The monoisotopic (exact) mass is 320 g/mol. The third-order valence-electron chi connectivity index (χ3n) is 2.74. The van der Waals surface area contributed by atoms with Crippen molar-refractivity contribution >= 4 is 23.2 Å². The molecule has 0 aliphatic carbocycles. The fourth-order valence-electron chi connectivity index (χ4n) is 1.82. The predicted molar refractivity (Wildman–Crippen MR) is 73.5 cm³/mol. The maximum Gasteiger partial charge on any atom is 0.419 e. The van der Waals surface area contributed by atoms with Crippen LogP contribution in [0.25, 0.3) is 11.1 Å². The Morgan fingerprint density at radius 2 is 1.70 bits per heavy atom. The van der Waals surface area contributed by atoms with Crippen LogP contribution in [0.15, 0.2) is 36.4 Å². The van der Waals surface area contributed by atoms with E-state index < -0.39 is 11.7 Å². The van der Waals surface area contributed by atoms with Crippen molar-refractivity contribution in [3.05, 3.63) is 52.0 Å². The molecule has 0 amide bonds. The lowest BCUT2D eigenvalue weighted by Gasteiger charge is -2.14. The van der Waals surface area contributed by atoms with E-state index in [0.29, 0.717) is 21.2 Å². The fraction of sp³-hybridized carbons (Fsp3) is 0.143. The third kappa shape index (κ3) is 3.02. The molecule has 2 aromatic carbocycles. The highest BCUT2D eigenvalue weighted by Gasteiger charge is 2.34. The molecule has 0 saturated carbocycles. The van der Waals surface area contributed by atoms with Gasteiger partial charge in [0, 0.05) is 15.6 Å². The molecular formula is C14H9Cl2F3O.